The van der Waals surface area contributed by atoms with Crippen LogP contribution in [0.15, 0.2) is 24.3 Å². The molecule has 1 saturated heterocycles. The van der Waals surface area contributed by atoms with E-state index in [4.69, 9.17) is 11.6 Å². The van der Waals surface area contributed by atoms with E-state index in [-0.39, 0.29) is 24.1 Å². The van der Waals surface area contributed by atoms with E-state index < -0.39 is 10.0 Å². The minimum Gasteiger partial charge on any atom is -0.344 e. The van der Waals surface area contributed by atoms with Crippen molar-refractivity contribution in [3.8, 4) is 0 Å². The normalized spacial score (nSPS) is 20.0. The fraction of sp³-hybridized carbons (Fsp3) is 0.417. The minimum absolute atomic E-state index is 0.0424. The summed E-state index contributed by atoms with van der Waals surface area (Å²) < 4.78 is 26.5. The van der Waals surface area contributed by atoms with Gasteiger partial charge in [0.05, 0.1) is 5.75 Å². The molecule has 1 unspecified atom stereocenters. The minimum atomic E-state index is -3.45. The largest absolute Gasteiger partial charge is 0.344 e. The molecule has 0 radical (unpaired) electrons. The van der Waals surface area contributed by atoms with Crippen molar-refractivity contribution in [3.05, 3.63) is 34.9 Å². The first-order valence-corrected chi connectivity index (χ1v) is 7.87. The molecule has 1 N–H and O–H groups in total. The predicted octanol–water partition coefficient (Wildman–Crippen LogP) is 0.990. The Bertz CT molecular complexity index is 571. The summed E-state index contributed by atoms with van der Waals surface area (Å²) in [6.45, 7) is 0.415. The van der Waals surface area contributed by atoms with E-state index >= 15 is 0 Å². The smallest absolute Gasteiger partial charge is 0.224 e. The van der Waals surface area contributed by atoms with E-state index in [1.807, 2.05) is 0 Å². The molecule has 1 aliphatic heterocycles. The monoisotopic (exact) mass is 302 g/mol. The van der Waals surface area contributed by atoms with Crippen LogP contribution in [-0.2, 0) is 20.6 Å². The Morgan fingerprint density at radius 1 is 1.37 bits per heavy atom. The van der Waals surface area contributed by atoms with Crippen LogP contribution in [0.4, 0.5) is 0 Å². The summed E-state index contributed by atoms with van der Waals surface area (Å²) in [6, 6.07) is 6.31. The van der Waals surface area contributed by atoms with Crippen LogP contribution in [0.3, 0.4) is 0 Å². The third-order valence-electron chi connectivity index (χ3n) is 2.96. The molecule has 1 aromatic carbocycles. The van der Waals surface area contributed by atoms with Crippen LogP contribution in [0.2, 0.25) is 5.02 Å². The highest BCUT2D eigenvalue weighted by atomic mass is 35.5. The highest BCUT2D eigenvalue weighted by Gasteiger charge is 2.29. The van der Waals surface area contributed by atoms with Gasteiger partial charge in [0.1, 0.15) is 0 Å². The number of rotatable bonds is 4. The lowest BCUT2D eigenvalue weighted by Crippen LogP contribution is -2.37. The lowest BCUT2D eigenvalue weighted by Gasteiger charge is -2.12. The van der Waals surface area contributed by atoms with E-state index in [0.29, 0.717) is 17.1 Å². The zero-order valence-corrected chi connectivity index (χ0v) is 12.0. The molecule has 0 bridgehead atoms. The van der Waals surface area contributed by atoms with Crippen molar-refractivity contribution < 1.29 is 13.2 Å². The van der Waals surface area contributed by atoms with Gasteiger partial charge in [0.25, 0.3) is 0 Å². The lowest BCUT2D eigenvalue weighted by molar-refractivity contribution is -0.126. The van der Waals surface area contributed by atoms with Crippen LogP contribution in [0, 0.1) is 0 Å². The molecule has 1 amide bonds. The van der Waals surface area contributed by atoms with Crippen LogP contribution < -0.4 is 4.72 Å². The van der Waals surface area contributed by atoms with Gasteiger partial charge in [-0.05, 0) is 17.7 Å². The second-order valence-corrected chi connectivity index (χ2v) is 6.87. The van der Waals surface area contributed by atoms with Crippen molar-refractivity contribution in [2.75, 3.05) is 13.6 Å². The molecule has 1 aliphatic rings. The Morgan fingerprint density at radius 2 is 2.00 bits per heavy atom. The predicted molar refractivity (Wildman–Crippen MR) is 73.3 cm³/mol. The fourth-order valence-corrected chi connectivity index (χ4v) is 3.54. The molecule has 1 heterocycles. The van der Waals surface area contributed by atoms with Crippen LogP contribution in [-0.4, -0.2) is 38.9 Å². The van der Waals surface area contributed by atoms with Gasteiger partial charge in [0.15, 0.2) is 0 Å². The standard InChI is InChI=1S/C12H15ClN2O3S/c1-15-7-11(6-12(15)16)14-19(17,18)8-9-2-4-10(13)5-3-9/h2-5,11,14H,6-8H2,1H3. The number of nitrogens with one attached hydrogen (secondary N) is 1. The average Bonchev–Trinajstić information content (AvgIpc) is 2.60. The van der Waals surface area contributed by atoms with E-state index in [2.05, 4.69) is 4.72 Å². The van der Waals surface area contributed by atoms with Gasteiger partial charge >= 0.3 is 0 Å². The van der Waals surface area contributed by atoms with Gasteiger partial charge in [-0.2, -0.15) is 0 Å². The number of hydrogen-bond donors (Lipinski definition) is 1. The summed E-state index contributed by atoms with van der Waals surface area (Å²) in [5.41, 5.74) is 0.662. The van der Waals surface area contributed by atoms with Crippen LogP contribution >= 0.6 is 11.6 Å². The van der Waals surface area contributed by atoms with Crippen molar-refractivity contribution in [1.82, 2.24) is 9.62 Å². The second kappa shape index (κ2) is 5.48. The Kier molecular flexibility index (Phi) is 4.13. The van der Waals surface area contributed by atoms with Gasteiger partial charge in [-0.3, -0.25) is 4.79 Å². The Labute approximate surface area is 117 Å². The summed E-state index contributed by atoms with van der Waals surface area (Å²) in [5, 5.41) is 0.567. The molecule has 5 nitrogen and oxygen atoms in total. The summed E-state index contributed by atoms with van der Waals surface area (Å²) >= 11 is 5.74. The summed E-state index contributed by atoms with van der Waals surface area (Å²) in [7, 11) is -1.79. The van der Waals surface area contributed by atoms with Crippen molar-refractivity contribution in [2.45, 2.75) is 18.2 Å². The van der Waals surface area contributed by atoms with Crippen molar-refractivity contribution in [3.63, 3.8) is 0 Å². The van der Waals surface area contributed by atoms with Gasteiger partial charge in [0, 0.05) is 31.1 Å². The Morgan fingerprint density at radius 3 is 2.53 bits per heavy atom. The van der Waals surface area contributed by atoms with Gasteiger partial charge in [-0.25, -0.2) is 13.1 Å². The second-order valence-electron chi connectivity index (χ2n) is 4.68. The fourth-order valence-electron chi connectivity index (χ4n) is 2.04. The molecule has 0 saturated carbocycles. The zero-order valence-electron chi connectivity index (χ0n) is 10.5. The number of amides is 1. The number of sulfonamides is 1. The van der Waals surface area contributed by atoms with Gasteiger partial charge in [-0.1, -0.05) is 23.7 Å². The lowest BCUT2D eigenvalue weighted by atomic mass is 10.2. The SMILES string of the molecule is CN1CC(NS(=O)(=O)Cc2ccc(Cl)cc2)CC1=O. The van der Waals surface area contributed by atoms with Crippen LogP contribution in [0.1, 0.15) is 12.0 Å². The summed E-state index contributed by atoms with van der Waals surface area (Å²) in [4.78, 5) is 12.9. The first-order valence-electron chi connectivity index (χ1n) is 5.84. The van der Waals surface area contributed by atoms with Gasteiger partial charge in [0.2, 0.25) is 15.9 Å². The Balaban J connectivity index is 1.99. The van der Waals surface area contributed by atoms with Crippen LogP contribution in [0.5, 0.6) is 0 Å². The maximum absolute atomic E-state index is 12.0. The van der Waals surface area contributed by atoms with E-state index in [1.54, 1.807) is 31.3 Å². The third kappa shape index (κ3) is 3.92. The molecular formula is C12H15ClN2O3S. The first-order chi connectivity index (χ1) is 8.85. The summed E-state index contributed by atoms with van der Waals surface area (Å²) in [5.74, 6) is -0.155. The molecule has 0 aromatic heterocycles. The molecule has 1 aromatic rings. The molecular weight excluding hydrogens is 288 g/mol. The molecule has 19 heavy (non-hydrogen) atoms. The summed E-state index contributed by atoms with van der Waals surface area (Å²) in [6.07, 6.45) is 0.219. The maximum atomic E-state index is 12.0. The highest BCUT2D eigenvalue weighted by molar-refractivity contribution is 7.88. The number of nitrogens with zero attached hydrogens (tertiary/aromatic N) is 1. The number of likely N-dealkylation sites (N-methyl/N-ethyl adjacent to an activating group) is 1. The topological polar surface area (TPSA) is 66.5 Å². The molecule has 0 spiro atoms. The Hall–Kier alpha value is -1.11. The van der Waals surface area contributed by atoms with Gasteiger partial charge in [-0.15, -0.1) is 0 Å². The molecule has 7 heteroatoms. The molecule has 1 atom stereocenters. The van der Waals surface area contributed by atoms with E-state index in [1.165, 1.54) is 4.90 Å². The number of likely N-dealkylation sites (tertiary alicyclic amines) is 1. The van der Waals surface area contributed by atoms with E-state index in [0.717, 1.165) is 0 Å². The first kappa shape index (κ1) is 14.3. The molecule has 0 aliphatic carbocycles. The molecule has 2 rings (SSSR count). The number of carbonyl (C=O) groups is 1. The quantitative estimate of drug-likeness (QED) is 0.902. The number of benzene rings is 1. The average molecular weight is 303 g/mol. The zero-order chi connectivity index (χ0) is 14.0. The van der Waals surface area contributed by atoms with Crippen LogP contribution in [0.25, 0.3) is 0 Å². The number of carbonyl (C=O) groups excluding carboxylic acids is 1. The van der Waals surface area contributed by atoms with E-state index in [9.17, 15) is 13.2 Å². The third-order valence-corrected chi connectivity index (χ3v) is 4.61. The van der Waals surface area contributed by atoms with Crippen molar-refractivity contribution in [1.29, 1.82) is 0 Å². The highest BCUT2D eigenvalue weighted by Crippen LogP contribution is 2.14. The van der Waals surface area contributed by atoms with Gasteiger partial charge < -0.3 is 4.90 Å². The number of halogens is 1. The molecule has 104 valence electrons. The van der Waals surface area contributed by atoms with Crippen molar-refractivity contribution in [2.24, 2.45) is 0 Å². The maximum Gasteiger partial charge on any atom is 0.224 e. The molecule has 1 fully saturated rings. The number of hydrogen-bond acceptors (Lipinski definition) is 3. The van der Waals surface area contributed by atoms with Crippen molar-refractivity contribution >= 4 is 27.5 Å².